The molecular weight excluding hydrogens is 172 g/mol. The summed E-state index contributed by atoms with van der Waals surface area (Å²) in [5, 5.41) is 9.31. The van der Waals surface area contributed by atoms with Gasteiger partial charge in [0.25, 0.3) is 0 Å². The van der Waals surface area contributed by atoms with Crippen molar-refractivity contribution < 1.29 is 5.11 Å². The van der Waals surface area contributed by atoms with Crippen molar-refractivity contribution in [1.29, 1.82) is 0 Å². The lowest BCUT2D eigenvalue weighted by Crippen LogP contribution is -2.02. The van der Waals surface area contributed by atoms with Crippen LogP contribution in [0.1, 0.15) is 65.2 Å². The first-order valence-electron chi connectivity index (χ1n) is 6.14. The molecule has 1 unspecified atom stereocenters. The van der Waals surface area contributed by atoms with E-state index in [1.165, 1.54) is 25.7 Å². The highest BCUT2D eigenvalue weighted by atomic mass is 16.3. The molecule has 0 saturated carbocycles. The maximum atomic E-state index is 9.31. The van der Waals surface area contributed by atoms with Crippen LogP contribution in [0.3, 0.4) is 0 Å². The molecule has 1 heteroatoms. The molecule has 0 bridgehead atoms. The van der Waals surface area contributed by atoms with Crippen LogP contribution in [0.2, 0.25) is 0 Å². The molecule has 0 heterocycles. The van der Waals surface area contributed by atoms with E-state index >= 15 is 0 Å². The van der Waals surface area contributed by atoms with Crippen molar-refractivity contribution in [2.45, 2.75) is 71.3 Å². The molecule has 0 aromatic carbocycles. The van der Waals surface area contributed by atoms with Crippen LogP contribution in [-0.2, 0) is 0 Å². The Morgan fingerprint density at radius 1 is 1.00 bits per heavy atom. The first kappa shape index (κ1) is 13.7. The zero-order chi connectivity index (χ0) is 10.6. The van der Waals surface area contributed by atoms with Crippen LogP contribution in [0.4, 0.5) is 0 Å². The van der Waals surface area contributed by atoms with Gasteiger partial charge in [0.15, 0.2) is 0 Å². The van der Waals surface area contributed by atoms with E-state index in [0.29, 0.717) is 0 Å². The van der Waals surface area contributed by atoms with Crippen LogP contribution in [-0.4, -0.2) is 11.2 Å². The number of allylic oxidation sites excluding steroid dienone is 2. The van der Waals surface area contributed by atoms with Crippen LogP contribution >= 0.6 is 0 Å². The molecule has 0 aliphatic rings. The maximum Gasteiger partial charge on any atom is 0.0537 e. The van der Waals surface area contributed by atoms with Gasteiger partial charge in [0.05, 0.1) is 6.10 Å². The highest BCUT2D eigenvalue weighted by molar-refractivity contribution is 4.81. The number of unbranched alkanes of at least 4 members (excludes halogenated alkanes) is 4. The van der Waals surface area contributed by atoms with Crippen molar-refractivity contribution in [3.05, 3.63) is 12.2 Å². The molecule has 1 N–H and O–H groups in total. The monoisotopic (exact) mass is 198 g/mol. The number of hydrogen-bond acceptors (Lipinski definition) is 1. The zero-order valence-corrected chi connectivity index (χ0v) is 9.84. The van der Waals surface area contributed by atoms with Crippen LogP contribution in [0.25, 0.3) is 0 Å². The topological polar surface area (TPSA) is 20.2 Å². The molecular formula is C13H26O. The Hall–Kier alpha value is -0.300. The average molecular weight is 198 g/mol. The molecule has 0 aromatic rings. The molecule has 0 radical (unpaired) electrons. The highest BCUT2D eigenvalue weighted by Crippen LogP contribution is 2.05. The van der Waals surface area contributed by atoms with Crippen LogP contribution in [0.5, 0.6) is 0 Å². The summed E-state index contributed by atoms with van der Waals surface area (Å²) in [4.78, 5) is 0. The number of aliphatic hydroxyl groups excluding tert-OH is 1. The molecule has 0 amide bonds. The summed E-state index contributed by atoms with van der Waals surface area (Å²) in [5.41, 5.74) is 0. The van der Waals surface area contributed by atoms with Gasteiger partial charge in [-0.2, -0.15) is 0 Å². The Balaban J connectivity index is 3.10. The third-order valence-corrected chi connectivity index (χ3v) is 2.52. The second-order valence-corrected chi connectivity index (χ2v) is 3.96. The molecule has 0 aliphatic heterocycles. The predicted octanol–water partition coefficient (Wildman–Crippen LogP) is 4.06. The molecule has 0 rings (SSSR count). The Kier molecular flexibility index (Phi) is 10.5. The minimum atomic E-state index is -0.0801. The summed E-state index contributed by atoms with van der Waals surface area (Å²) >= 11 is 0. The fourth-order valence-corrected chi connectivity index (χ4v) is 1.42. The normalized spacial score (nSPS) is 13.6. The van der Waals surface area contributed by atoms with Gasteiger partial charge in [-0.25, -0.2) is 0 Å². The van der Waals surface area contributed by atoms with Crippen molar-refractivity contribution in [3.8, 4) is 0 Å². The minimum absolute atomic E-state index is 0.0801. The van der Waals surface area contributed by atoms with Crippen LogP contribution < -0.4 is 0 Å². The van der Waals surface area contributed by atoms with Crippen molar-refractivity contribution in [1.82, 2.24) is 0 Å². The van der Waals surface area contributed by atoms with E-state index in [-0.39, 0.29) is 6.10 Å². The van der Waals surface area contributed by atoms with Gasteiger partial charge in [0.2, 0.25) is 0 Å². The Labute approximate surface area is 89.2 Å². The number of aliphatic hydroxyl groups is 1. The van der Waals surface area contributed by atoms with E-state index in [9.17, 15) is 5.11 Å². The fourth-order valence-electron chi connectivity index (χ4n) is 1.42. The highest BCUT2D eigenvalue weighted by Gasteiger charge is 1.97. The summed E-state index contributed by atoms with van der Waals surface area (Å²) in [5.74, 6) is 0. The van der Waals surface area contributed by atoms with E-state index < -0.39 is 0 Å². The van der Waals surface area contributed by atoms with Crippen LogP contribution in [0, 0.1) is 0 Å². The van der Waals surface area contributed by atoms with Crippen molar-refractivity contribution in [2.75, 3.05) is 0 Å². The van der Waals surface area contributed by atoms with Crippen LogP contribution in [0.15, 0.2) is 12.2 Å². The first-order valence-corrected chi connectivity index (χ1v) is 6.14. The Morgan fingerprint density at radius 3 is 2.21 bits per heavy atom. The molecule has 14 heavy (non-hydrogen) atoms. The summed E-state index contributed by atoms with van der Waals surface area (Å²) in [7, 11) is 0. The standard InChI is InChI=1S/C13H26O/c1-3-5-6-7-8-9-10-11-12-13(14)4-2/h8-9,13-14H,3-7,10-12H2,1-2H3/b9-8-. The lowest BCUT2D eigenvalue weighted by atomic mass is 10.1. The van der Waals surface area contributed by atoms with Gasteiger partial charge in [-0.15, -0.1) is 0 Å². The molecule has 0 saturated heterocycles. The lowest BCUT2D eigenvalue weighted by Gasteiger charge is -2.04. The van der Waals surface area contributed by atoms with E-state index in [1.807, 2.05) is 6.92 Å². The molecule has 0 aromatic heterocycles. The van der Waals surface area contributed by atoms with Gasteiger partial charge in [0.1, 0.15) is 0 Å². The molecule has 0 spiro atoms. The third-order valence-electron chi connectivity index (χ3n) is 2.52. The number of hydrogen-bond donors (Lipinski definition) is 1. The maximum absolute atomic E-state index is 9.31. The van der Waals surface area contributed by atoms with Gasteiger partial charge in [-0.3, -0.25) is 0 Å². The second-order valence-electron chi connectivity index (χ2n) is 3.96. The zero-order valence-electron chi connectivity index (χ0n) is 9.84. The van der Waals surface area contributed by atoms with Gasteiger partial charge in [-0.05, 0) is 38.5 Å². The predicted molar refractivity (Wildman–Crippen MR) is 63.4 cm³/mol. The van der Waals surface area contributed by atoms with E-state index in [2.05, 4.69) is 19.1 Å². The largest absolute Gasteiger partial charge is 0.393 e. The van der Waals surface area contributed by atoms with Gasteiger partial charge in [0, 0.05) is 0 Å². The summed E-state index contributed by atoms with van der Waals surface area (Å²) in [6.45, 7) is 4.26. The number of rotatable bonds is 9. The first-order chi connectivity index (χ1) is 6.81. The van der Waals surface area contributed by atoms with Crippen molar-refractivity contribution >= 4 is 0 Å². The minimum Gasteiger partial charge on any atom is -0.393 e. The molecule has 0 aliphatic carbocycles. The third kappa shape index (κ3) is 9.79. The molecule has 1 atom stereocenters. The van der Waals surface area contributed by atoms with Gasteiger partial charge in [-0.1, -0.05) is 38.8 Å². The fraction of sp³-hybridized carbons (Fsp3) is 0.846. The smallest absolute Gasteiger partial charge is 0.0537 e. The van der Waals surface area contributed by atoms with Crippen molar-refractivity contribution in [3.63, 3.8) is 0 Å². The second kappa shape index (κ2) is 10.8. The summed E-state index contributed by atoms with van der Waals surface area (Å²) in [6.07, 6.45) is 13.8. The molecule has 84 valence electrons. The lowest BCUT2D eigenvalue weighted by molar-refractivity contribution is 0.158. The quantitative estimate of drug-likeness (QED) is 0.437. The molecule has 0 fully saturated rings. The van der Waals surface area contributed by atoms with E-state index in [0.717, 1.165) is 25.7 Å². The van der Waals surface area contributed by atoms with E-state index in [1.54, 1.807) is 0 Å². The van der Waals surface area contributed by atoms with Crippen molar-refractivity contribution in [2.24, 2.45) is 0 Å². The Morgan fingerprint density at radius 2 is 1.64 bits per heavy atom. The molecule has 1 nitrogen and oxygen atoms in total. The Bertz CT molecular complexity index is 129. The summed E-state index contributed by atoms with van der Waals surface area (Å²) < 4.78 is 0. The average Bonchev–Trinajstić information content (AvgIpc) is 2.21. The van der Waals surface area contributed by atoms with Gasteiger partial charge >= 0.3 is 0 Å². The van der Waals surface area contributed by atoms with Gasteiger partial charge < -0.3 is 5.11 Å². The van der Waals surface area contributed by atoms with E-state index in [4.69, 9.17) is 0 Å². The summed E-state index contributed by atoms with van der Waals surface area (Å²) in [6, 6.07) is 0. The SMILES string of the molecule is CCCCC/C=C\CCCC(O)CC.